The lowest BCUT2D eigenvalue weighted by Gasteiger charge is -2.43. The normalized spacial score (nSPS) is 24.0. The smallest absolute Gasteiger partial charge is 0.0187 e. The topological polar surface area (TPSA) is 0 Å². The molecule has 0 spiro atoms. The fourth-order valence-electron chi connectivity index (χ4n) is 23.8. The van der Waals surface area contributed by atoms with Crippen molar-refractivity contribution in [1.29, 1.82) is 0 Å². The Morgan fingerprint density at radius 2 is 0.233 bits per heavy atom. The maximum atomic E-state index is 1.84. The van der Waals surface area contributed by atoms with E-state index in [2.05, 4.69) is 0 Å². The molecule has 6 aliphatic carbocycles. The van der Waals surface area contributed by atoms with E-state index in [9.17, 15) is 0 Å². The Balaban J connectivity index is 1.32. The van der Waals surface area contributed by atoms with Crippen LogP contribution in [0.3, 0.4) is 0 Å². The van der Waals surface area contributed by atoms with Gasteiger partial charge >= 0.3 is 0 Å². The van der Waals surface area contributed by atoms with E-state index in [1.54, 1.807) is 269 Å². The van der Waals surface area contributed by atoms with Crippen LogP contribution in [0, 0.1) is 0 Å². The molecule has 0 N–H and O–H groups in total. The summed E-state index contributed by atoms with van der Waals surface area (Å²) in [5.41, 5.74) is 11.0. The highest BCUT2D eigenvalue weighted by molar-refractivity contribution is 6.80. The van der Waals surface area contributed by atoms with Gasteiger partial charge in [-0.05, 0) is 303 Å². The molecule has 0 aromatic heterocycles. The van der Waals surface area contributed by atoms with E-state index >= 15 is 0 Å². The zero-order chi connectivity index (χ0) is 34.6. The molecule has 0 fully saturated rings. The molecule has 0 radical (unpaired) electrons. The van der Waals surface area contributed by atoms with Gasteiger partial charge in [0.1, 0.15) is 0 Å². The average molecular weight is 725 g/mol. The third-order valence-corrected chi connectivity index (χ3v) is 23.5. The summed E-state index contributed by atoms with van der Waals surface area (Å²) in [7, 11) is 0. The molecule has 0 saturated heterocycles. The number of benzene rings is 17. The van der Waals surface area contributed by atoms with E-state index in [-0.39, 0.29) is 0 Å². The zero-order valence-electron chi connectivity index (χ0n) is 30.3. The molecule has 0 saturated carbocycles. The highest BCUT2D eigenvalue weighted by atomic mass is 14.6. The Morgan fingerprint density at radius 3 is 0.433 bits per heavy atom. The van der Waals surface area contributed by atoms with Crippen molar-refractivity contribution in [3.63, 3.8) is 0 Å². The fourth-order valence-corrected chi connectivity index (χ4v) is 23.8. The molecule has 4 unspecified atom stereocenters. The summed E-state index contributed by atoms with van der Waals surface area (Å²) in [5, 5.41) is 85.6. The van der Waals surface area contributed by atoms with Crippen molar-refractivity contribution >= 4 is 269 Å². The summed E-state index contributed by atoms with van der Waals surface area (Å²) in [5.74, 6) is 2.06. The maximum Gasteiger partial charge on any atom is 0.0187 e. The first-order chi connectivity index (χ1) is 30.0. The summed E-state index contributed by atoms with van der Waals surface area (Å²) in [6.07, 6.45) is 0. The van der Waals surface area contributed by atoms with E-state index < -0.39 is 0 Å². The summed E-state index contributed by atoms with van der Waals surface area (Å²) in [4.78, 5) is 0. The quantitative estimate of drug-likeness (QED) is 0.137. The Kier molecular flexibility index (Phi) is 1.53. The molecule has 0 amide bonds. The van der Waals surface area contributed by atoms with Crippen molar-refractivity contribution in [2.75, 3.05) is 0 Å². The van der Waals surface area contributed by atoms with E-state index in [4.69, 9.17) is 0 Å². The zero-order valence-corrected chi connectivity index (χ0v) is 30.3. The van der Waals surface area contributed by atoms with Crippen LogP contribution >= 0.6 is 0 Å². The van der Waals surface area contributed by atoms with Gasteiger partial charge in [0.2, 0.25) is 0 Å². The van der Waals surface area contributed by atoms with Crippen molar-refractivity contribution < 1.29 is 0 Å². The van der Waals surface area contributed by atoms with Gasteiger partial charge < -0.3 is 0 Å². The van der Waals surface area contributed by atoms with Gasteiger partial charge in [-0.1, -0.05) is 0 Å². The van der Waals surface area contributed by atoms with Gasteiger partial charge in [0.15, 0.2) is 0 Å². The van der Waals surface area contributed by atoms with Crippen molar-refractivity contribution in [1.82, 2.24) is 0 Å². The van der Waals surface area contributed by atoms with Crippen molar-refractivity contribution in [2.24, 2.45) is 0 Å². The average Bonchev–Trinajstić information content (AvgIpc) is 4.09. The summed E-state index contributed by atoms with van der Waals surface area (Å²) in [6, 6.07) is 0. The molecule has 244 valence electrons. The Morgan fingerprint density at radius 1 is 0.100 bits per heavy atom. The lowest BCUT2D eigenvalue weighted by molar-refractivity contribution is 0.450. The molecule has 0 heterocycles. The van der Waals surface area contributed by atoms with Gasteiger partial charge in [0.25, 0.3) is 0 Å². The maximum absolute atomic E-state index is 1.84. The molecule has 6 aliphatic rings. The first-order valence-electron chi connectivity index (χ1n) is 23.0. The highest BCUT2D eigenvalue weighted by Crippen LogP contribution is 2.85. The summed E-state index contributed by atoms with van der Waals surface area (Å²) >= 11 is 0. The predicted octanol–water partition coefficient (Wildman–Crippen LogP) is 16.6. The predicted molar refractivity (Wildman–Crippen MR) is 253 cm³/mol. The Labute approximate surface area is 324 Å². The summed E-state index contributed by atoms with van der Waals surface area (Å²) < 4.78 is 0. The Hall–Kier alpha value is -7.28. The molecular weight excluding hydrogens is 721 g/mol. The molecule has 60 heavy (non-hydrogen) atoms. The largest absolute Gasteiger partial charge is 0.0268 e. The van der Waals surface area contributed by atoms with Gasteiger partial charge in [-0.15, -0.1) is 0 Å². The molecule has 4 atom stereocenters. The molecule has 0 heteroatoms. The standard InChI is InChI=1S/C60H4/c1-2-5-6-3(1)8-12-10-4(1)9-11-7(2)17-21-13(5)23-24-14(6)22-18(8)28-20(12)30-26-16(10)15(9)25-29-19(11)27(17)37-41-31(21)33(23)43-44-34(24)32(22)42-38(28)48-40(30)46-36(26)35(25)45-39(29)47(37)55-49(41)51(43)57-52(44)50(42)56(48)59-54(46)53(45)58(55)60(57)59/h1-2,4,7H. The first kappa shape index (κ1) is 20.6. The third-order valence-electron chi connectivity index (χ3n) is 23.5. The van der Waals surface area contributed by atoms with Gasteiger partial charge in [-0.25, -0.2) is 0 Å². The molecule has 0 aliphatic heterocycles. The van der Waals surface area contributed by atoms with Crippen molar-refractivity contribution in [2.45, 2.75) is 23.7 Å². The minimum absolute atomic E-state index is 0.484. The van der Waals surface area contributed by atoms with Crippen LogP contribution in [-0.4, -0.2) is 0 Å². The van der Waals surface area contributed by atoms with Crippen LogP contribution in [0.4, 0.5) is 0 Å². The van der Waals surface area contributed by atoms with Crippen LogP contribution in [0.5, 0.6) is 0 Å². The van der Waals surface area contributed by atoms with Crippen molar-refractivity contribution in [3.8, 4) is 0 Å². The minimum atomic E-state index is 0.484. The van der Waals surface area contributed by atoms with Crippen LogP contribution in [-0.2, 0) is 0 Å². The van der Waals surface area contributed by atoms with Gasteiger partial charge in [0, 0.05) is 23.7 Å². The van der Waals surface area contributed by atoms with Crippen LogP contribution in [0.2, 0.25) is 0 Å². The highest BCUT2D eigenvalue weighted by Gasteiger charge is 2.63. The monoisotopic (exact) mass is 724 g/mol. The van der Waals surface area contributed by atoms with Gasteiger partial charge in [-0.3, -0.25) is 0 Å². The molecule has 26 aromatic carbocycles. The molecule has 26 aromatic rings. The van der Waals surface area contributed by atoms with E-state index in [1.165, 1.54) is 0 Å². The van der Waals surface area contributed by atoms with E-state index in [0.717, 1.165) is 0 Å². The van der Waals surface area contributed by atoms with Gasteiger partial charge in [-0.2, -0.15) is 0 Å². The third kappa shape index (κ3) is 1.01. The minimum Gasteiger partial charge on any atom is -0.0268 e. The summed E-state index contributed by atoms with van der Waals surface area (Å²) in [6.45, 7) is 0. The molecular formula is C60H4. The Bertz CT molecular complexity index is 6370. The van der Waals surface area contributed by atoms with E-state index in [1.807, 2.05) is 33.4 Å². The van der Waals surface area contributed by atoms with Crippen LogP contribution < -0.4 is 0 Å². The van der Waals surface area contributed by atoms with Gasteiger partial charge in [0.05, 0.1) is 0 Å². The van der Waals surface area contributed by atoms with Crippen LogP contribution in [0.25, 0.3) is 269 Å². The lowest BCUT2D eigenvalue weighted by atomic mass is 9.58. The fraction of sp³-hybridized carbons (Fsp3) is 0.0667. The molecule has 32 rings (SSSR count). The molecule has 0 bridgehead atoms. The SMILES string of the molecule is c12c3c4c5c6c7c8c9c%10c%11c%12c%13c(c%14c1c1c%15c3c3c5c5c6c6c8c8c%16c9c%12c9c%12c%13c%13c%14c1c1c%14c%15c3c3c5c5c6c8c6c(c9%16)c8c%12c%13c1c1c%14c3c5c6c81)C%11C2C4C%107. The van der Waals surface area contributed by atoms with Crippen molar-refractivity contribution in [3.05, 3.63) is 33.4 Å². The second kappa shape index (κ2) is 4.46. The van der Waals surface area contributed by atoms with Crippen LogP contribution in [0.15, 0.2) is 0 Å². The van der Waals surface area contributed by atoms with E-state index in [0.29, 0.717) is 23.7 Å². The number of hydrogen-bond acceptors (Lipinski definition) is 0. The number of hydrogen-bond donors (Lipinski definition) is 0. The lowest BCUT2D eigenvalue weighted by Crippen LogP contribution is -2.29. The van der Waals surface area contributed by atoms with Crippen LogP contribution in [0.1, 0.15) is 57.1 Å². The first-order valence-corrected chi connectivity index (χ1v) is 23.0. The number of rotatable bonds is 0. The second-order valence-corrected chi connectivity index (χ2v) is 23.2. The second-order valence-electron chi connectivity index (χ2n) is 23.2. The molecule has 0 nitrogen and oxygen atoms in total.